The third-order valence-corrected chi connectivity index (χ3v) is 3.18. The number of urea groups is 1. The first kappa shape index (κ1) is 16.5. The molecule has 0 aliphatic rings. The van der Waals surface area contributed by atoms with Gasteiger partial charge in [-0.1, -0.05) is 12.1 Å². The second kappa shape index (κ2) is 6.91. The smallest absolute Gasteiger partial charge is 0.343 e. The summed E-state index contributed by atoms with van der Waals surface area (Å²) in [5.74, 6) is -0.210. The van der Waals surface area contributed by atoms with Crippen molar-refractivity contribution in [3.8, 4) is 11.5 Å². The molecule has 0 saturated heterocycles. The lowest BCUT2D eigenvalue weighted by Crippen LogP contribution is -2.20. The molecule has 2 aromatic carbocycles. The molecule has 0 radical (unpaired) electrons. The van der Waals surface area contributed by atoms with Gasteiger partial charge >= 0.3 is 6.03 Å². The standard InChI is InChI=1S/C17H17FN2O3/c1-20(2)17(22)19-16(12-6-4-5-7-14(12)18)13-10-11(23-3)8-9-15(13)21/h4-10,21H,1-3H3/b19-16+. The van der Waals surface area contributed by atoms with Crippen molar-refractivity contribution < 1.29 is 19.0 Å². The number of amides is 2. The number of hydrogen-bond donors (Lipinski definition) is 1. The molecule has 0 aliphatic heterocycles. The number of benzene rings is 2. The molecular formula is C17H17FN2O3. The number of aromatic hydroxyl groups is 1. The molecule has 0 spiro atoms. The van der Waals surface area contributed by atoms with E-state index in [2.05, 4.69) is 4.99 Å². The molecule has 23 heavy (non-hydrogen) atoms. The van der Waals surface area contributed by atoms with Gasteiger partial charge in [0.25, 0.3) is 0 Å². The van der Waals surface area contributed by atoms with Gasteiger partial charge in [-0.3, -0.25) is 0 Å². The average molecular weight is 316 g/mol. The summed E-state index contributed by atoms with van der Waals surface area (Å²) in [5.41, 5.74) is 0.370. The van der Waals surface area contributed by atoms with Crippen LogP contribution in [0.2, 0.25) is 0 Å². The molecule has 1 N–H and O–H groups in total. The van der Waals surface area contributed by atoms with Crippen LogP contribution in [-0.2, 0) is 0 Å². The number of aliphatic imine (C=N–C) groups is 1. The van der Waals surface area contributed by atoms with Crippen LogP contribution in [0.15, 0.2) is 47.5 Å². The molecule has 2 aromatic rings. The van der Waals surface area contributed by atoms with E-state index in [1.807, 2.05) is 0 Å². The first-order valence-corrected chi connectivity index (χ1v) is 6.86. The highest BCUT2D eigenvalue weighted by Gasteiger charge is 2.18. The molecule has 0 heterocycles. The van der Waals surface area contributed by atoms with E-state index in [0.29, 0.717) is 5.75 Å². The Morgan fingerprint density at radius 3 is 2.48 bits per heavy atom. The number of methoxy groups -OCH3 is 1. The molecule has 0 bridgehead atoms. The number of hydrogen-bond acceptors (Lipinski definition) is 3. The lowest BCUT2D eigenvalue weighted by molar-refractivity contribution is 0.227. The van der Waals surface area contributed by atoms with E-state index in [1.165, 1.54) is 56.4 Å². The van der Waals surface area contributed by atoms with Crippen LogP contribution in [0, 0.1) is 5.82 Å². The molecule has 0 aliphatic carbocycles. The number of carbonyl (C=O) groups is 1. The largest absolute Gasteiger partial charge is 0.507 e. The number of halogens is 1. The Morgan fingerprint density at radius 2 is 1.87 bits per heavy atom. The van der Waals surface area contributed by atoms with Crippen LogP contribution in [0.25, 0.3) is 0 Å². The molecule has 120 valence electrons. The monoisotopic (exact) mass is 316 g/mol. The van der Waals surface area contributed by atoms with Gasteiger partial charge in [0.2, 0.25) is 0 Å². The van der Waals surface area contributed by atoms with Gasteiger partial charge in [0.1, 0.15) is 17.3 Å². The lowest BCUT2D eigenvalue weighted by atomic mass is 10.0. The van der Waals surface area contributed by atoms with Crippen LogP contribution >= 0.6 is 0 Å². The fraction of sp³-hybridized carbons (Fsp3) is 0.176. The number of carbonyl (C=O) groups excluding carboxylic acids is 1. The van der Waals surface area contributed by atoms with Gasteiger partial charge in [0.05, 0.1) is 12.8 Å². The number of phenols is 1. The highest BCUT2D eigenvalue weighted by Crippen LogP contribution is 2.27. The van der Waals surface area contributed by atoms with Crippen molar-refractivity contribution in [2.75, 3.05) is 21.2 Å². The molecule has 0 atom stereocenters. The topological polar surface area (TPSA) is 62.1 Å². The van der Waals surface area contributed by atoms with Crippen molar-refractivity contribution in [2.45, 2.75) is 0 Å². The molecule has 2 rings (SSSR count). The predicted molar refractivity (Wildman–Crippen MR) is 85.8 cm³/mol. The normalized spacial score (nSPS) is 11.2. The van der Waals surface area contributed by atoms with E-state index in [1.54, 1.807) is 12.1 Å². The maximum absolute atomic E-state index is 14.2. The Balaban J connectivity index is 2.69. The SMILES string of the molecule is COc1ccc(O)c(/C(=N/C(=O)N(C)C)c2ccccc2F)c1. The average Bonchev–Trinajstić information content (AvgIpc) is 2.54. The molecule has 0 saturated carbocycles. The van der Waals surface area contributed by atoms with Gasteiger partial charge in [0.15, 0.2) is 0 Å². The highest BCUT2D eigenvalue weighted by molar-refractivity contribution is 6.18. The van der Waals surface area contributed by atoms with Crippen molar-refractivity contribution in [1.82, 2.24) is 4.90 Å². The van der Waals surface area contributed by atoms with Gasteiger partial charge in [-0.25, -0.2) is 9.18 Å². The third-order valence-electron chi connectivity index (χ3n) is 3.18. The molecule has 0 fully saturated rings. The summed E-state index contributed by atoms with van der Waals surface area (Å²) in [6, 6.07) is 9.84. The van der Waals surface area contributed by atoms with E-state index in [4.69, 9.17) is 4.74 Å². The zero-order valence-corrected chi connectivity index (χ0v) is 13.1. The second-order valence-electron chi connectivity index (χ2n) is 5.00. The Kier molecular flexibility index (Phi) is 4.95. The van der Waals surface area contributed by atoms with Crippen molar-refractivity contribution in [2.24, 2.45) is 4.99 Å². The summed E-state index contributed by atoms with van der Waals surface area (Å²) in [6.07, 6.45) is 0. The summed E-state index contributed by atoms with van der Waals surface area (Å²) in [6.45, 7) is 0. The molecular weight excluding hydrogens is 299 g/mol. The Hall–Kier alpha value is -2.89. The van der Waals surface area contributed by atoms with Gasteiger partial charge in [-0.05, 0) is 30.3 Å². The van der Waals surface area contributed by atoms with Crippen LogP contribution in [0.3, 0.4) is 0 Å². The zero-order chi connectivity index (χ0) is 17.0. The minimum absolute atomic E-state index is 0.0400. The van der Waals surface area contributed by atoms with Crippen molar-refractivity contribution in [3.05, 3.63) is 59.4 Å². The number of ether oxygens (including phenoxy) is 1. The Bertz CT molecular complexity index is 757. The summed E-state index contributed by atoms with van der Waals surface area (Å²) in [5, 5.41) is 10.1. The zero-order valence-electron chi connectivity index (χ0n) is 13.1. The Labute approximate surface area is 133 Å². The number of nitrogens with zero attached hydrogens (tertiary/aromatic N) is 2. The molecule has 0 unspecified atom stereocenters. The minimum Gasteiger partial charge on any atom is -0.507 e. The molecule has 5 nitrogen and oxygen atoms in total. The van der Waals surface area contributed by atoms with Gasteiger partial charge < -0.3 is 14.7 Å². The summed E-state index contributed by atoms with van der Waals surface area (Å²) >= 11 is 0. The van der Waals surface area contributed by atoms with E-state index in [-0.39, 0.29) is 22.6 Å². The summed E-state index contributed by atoms with van der Waals surface area (Å²) in [4.78, 5) is 17.2. The lowest BCUT2D eigenvalue weighted by Gasteiger charge is -2.13. The van der Waals surface area contributed by atoms with E-state index >= 15 is 0 Å². The maximum Gasteiger partial charge on any atom is 0.343 e. The number of phenolic OH excluding ortho intramolecular Hbond substituents is 1. The van der Waals surface area contributed by atoms with E-state index in [0.717, 1.165) is 0 Å². The first-order valence-electron chi connectivity index (χ1n) is 6.86. The first-order chi connectivity index (χ1) is 10.9. The third kappa shape index (κ3) is 3.66. The highest BCUT2D eigenvalue weighted by atomic mass is 19.1. The fourth-order valence-electron chi connectivity index (χ4n) is 1.95. The van der Waals surface area contributed by atoms with Crippen LogP contribution in [0.4, 0.5) is 9.18 Å². The quantitative estimate of drug-likeness (QED) is 0.885. The minimum atomic E-state index is -0.564. The molecule has 2 amide bonds. The van der Waals surface area contributed by atoms with Gasteiger partial charge in [-0.15, -0.1) is 0 Å². The van der Waals surface area contributed by atoms with Crippen LogP contribution in [-0.4, -0.2) is 43.0 Å². The second-order valence-corrected chi connectivity index (χ2v) is 5.00. The number of rotatable bonds is 3. The van der Waals surface area contributed by atoms with E-state index < -0.39 is 11.8 Å². The summed E-state index contributed by atoms with van der Waals surface area (Å²) < 4.78 is 19.3. The van der Waals surface area contributed by atoms with Gasteiger partial charge in [0, 0.05) is 25.2 Å². The van der Waals surface area contributed by atoms with Gasteiger partial charge in [-0.2, -0.15) is 4.99 Å². The maximum atomic E-state index is 14.2. The van der Waals surface area contributed by atoms with E-state index in [9.17, 15) is 14.3 Å². The fourth-order valence-corrected chi connectivity index (χ4v) is 1.95. The van der Waals surface area contributed by atoms with Crippen LogP contribution in [0.1, 0.15) is 11.1 Å². The molecule has 6 heteroatoms. The van der Waals surface area contributed by atoms with Crippen LogP contribution in [0.5, 0.6) is 11.5 Å². The Morgan fingerprint density at radius 1 is 1.17 bits per heavy atom. The van der Waals surface area contributed by atoms with Crippen molar-refractivity contribution in [1.29, 1.82) is 0 Å². The van der Waals surface area contributed by atoms with Crippen molar-refractivity contribution >= 4 is 11.7 Å². The molecule has 0 aromatic heterocycles. The predicted octanol–water partition coefficient (Wildman–Crippen LogP) is 3.06. The summed E-state index contributed by atoms with van der Waals surface area (Å²) in [7, 11) is 4.55. The van der Waals surface area contributed by atoms with Crippen molar-refractivity contribution in [3.63, 3.8) is 0 Å². The van der Waals surface area contributed by atoms with Crippen LogP contribution < -0.4 is 4.74 Å².